The molecule has 2 aromatic carbocycles. The Hall–Kier alpha value is -1.72. The molecule has 0 bridgehead atoms. The molecule has 0 fully saturated rings. The van der Waals surface area contributed by atoms with E-state index in [2.05, 4.69) is 16.9 Å². The van der Waals surface area contributed by atoms with Gasteiger partial charge in [-0.3, -0.25) is 0 Å². The summed E-state index contributed by atoms with van der Waals surface area (Å²) >= 11 is 0. The highest BCUT2D eigenvalue weighted by molar-refractivity contribution is 7.89. The van der Waals surface area contributed by atoms with Crippen LogP contribution in [0.1, 0.15) is 41.6 Å². The second-order valence-corrected chi connectivity index (χ2v) is 7.85. The minimum Gasteiger partial charge on any atom is -0.207 e. The molecule has 2 aromatic rings. The van der Waals surface area contributed by atoms with Crippen LogP contribution in [0.15, 0.2) is 41.3 Å². The second kappa shape index (κ2) is 6.06. The lowest BCUT2D eigenvalue weighted by atomic mass is 10.0. The summed E-state index contributed by atoms with van der Waals surface area (Å²) in [6, 6.07) is 9.65. The first kappa shape index (κ1) is 16.1. The summed E-state index contributed by atoms with van der Waals surface area (Å²) in [7, 11) is -3.68. The molecule has 0 aromatic heterocycles. The highest BCUT2D eigenvalue weighted by Crippen LogP contribution is 2.26. The van der Waals surface area contributed by atoms with Gasteiger partial charge in [-0.15, -0.1) is 0 Å². The molecular weight excluding hydrogens is 313 g/mol. The Morgan fingerprint density at radius 3 is 2.57 bits per heavy atom. The summed E-state index contributed by atoms with van der Waals surface area (Å²) in [6.45, 7) is 3.38. The fraction of sp³-hybridized carbons (Fsp3) is 0.333. The first-order valence-electron chi connectivity index (χ1n) is 7.77. The van der Waals surface area contributed by atoms with E-state index in [-0.39, 0.29) is 10.9 Å². The van der Waals surface area contributed by atoms with Gasteiger partial charge >= 0.3 is 0 Å². The topological polar surface area (TPSA) is 46.2 Å². The fourth-order valence-corrected chi connectivity index (χ4v) is 4.33. The maximum Gasteiger partial charge on any atom is 0.241 e. The van der Waals surface area contributed by atoms with Gasteiger partial charge in [0.1, 0.15) is 5.82 Å². The monoisotopic (exact) mass is 333 g/mol. The maximum atomic E-state index is 13.3. The number of hydrogen-bond acceptors (Lipinski definition) is 2. The van der Waals surface area contributed by atoms with Crippen LogP contribution in [0.5, 0.6) is 0 Å². The Balaban J connectivity index is 1.83. The molecule has 1 aliphatic rings. The molecule has 5 heteroatoms. The number of benzene rings is 2. The van der Waals surface area contributed by atoms with Crippen molar-refractivity contribution in [2.75, 3.05) is 0 Å². The molecule has 3 rings (SSSR count). The van der Waals surface area contributed by atoms with Gasteiger partial charge in [-0.1, -0.05) is 18.2 Å². The quantitative estimate of drug-likeness (QED) is 0.928. The van der Waals surface area contributed by atoms with E-state index in [1.807, 2.05) is 13.0 Å². The number of halogens is 1. The second-order valence-electron chi connectivity index (χ2n) is 6.14. The first-order chi connectivity index (χ1) is 10.9. The normalized spacial score (nSPS) is 15.4. The third kappa shape index (κ3) is 3.31. The van der Waals surface area contributed by atoms with Crippen LogP contribution in [-0.2, 0) is 22.9 Å². The molecule has 0 unspecified atom stereocenters. The Morgan fingerprint density at radius 1 is 1.09 bits per heavy atom. The van der Waals surface area contributed by atoms with Gasteiger partial charge in [0, 0.05) is 6.04 Å². The first-order valence-corrected chi connectivity index (χ1v) is 9.25. The summed E-state index contributed by atoms with van der Waals surface area (Å²) in [5.41, 5.74) is 3.94. The van der Waals surface area contributed by atoms with Crippen LogP contribution in [0.3, 0.4) is 0 Å². The van der Waals surface area contributed by atoms with Crippen molar-refractivity contribution < 1.29 is 12.8 Å². The Kier molecular flexibility index (Phi) is 4.25. The molecule has 0 heterocycles. The van der Waals surface area contributed by atoms with Crippen molar-refractivity contribution in [1.82, 2.24) is 4.72 Å². The zero-order chi connectivity index (χ0) is 16.6. The van der Waals surface area contributed by atoms with Gasteiger partial charge in [-0.2, -0.15) is 0 Å². The summed E-state index contributed by atoms with van der Waals surface area (Å²) in [5.74, 6) is -0.407. The van der Waals surface area contributed by atoms with Crippen LogP contribution >= 0.6 is 0 Å². The zero-order valence-corrected chi connectivity index (χ0v) is 14.1. The van der Waals surface area contributed by atoms with Crippen molar-refractivity contribution in [2.45, 2.75) is 44.0 Å². The minimum atomic E-state index is -3.68. The van der Waals surface area contributed by atoms with Crippen molar-refractivity contribution in [1.29, 1.82) is 0 Å². The highest BCUT2D eigenvalue weighted by Gasteiger charge is 2.20. The molecule has 1 atom stereocenters. The summed E-state index contributed by atoms with van der Waals surface area (Å²) in [5, 5.41) is 0. The third-order valence-electron chi connectivity index (χ3n) is 4.39. The average molecular weight is 333 g/mol. The lowest BCUT2D eigenvalue weighted by Gasteiger charge is -2.16. The van der Waals surface area contributed by atoms with Crippen molar-refractivity contribution in [3.05, 3.63) is 64.5 Å². The van der Waals surface area contributed by atoms with Crippen LogP contribution in [-0.4, -0.2) is 8.42 Å². The molecule has 0 amide bonds. The summed E-state index contributed by atoms with van der Waals surface area (Å²) in [6.07, 6.45) is 3.32. The number of hydrogen-bond donors (Lipinski definition) is 1. The predicted molar refractivity (Wildman–Crippen MR) is 88.3 cm³/mol. The molecule has 0 saturated carbocycles. The standard InChI is InChI=1S/C18H20FNO2S/c1-12-10-17(8-9-18(12)19)23(21,22)20-13(2)15-7-6-14-4-3-5-16(14)11-15/h6-11,13,20H,3-5H2,1-2H3/t13-/m0/s1. The van der Waals surface area contributed by atoms with Gasteiger partial charge in [0.05, 0.1) is 4.90 Å². The van der Waals surface area contributed by atoms with Gasteiger partial charge in [0.15, 0.2) is 0 Å². The van der Waals surface area contributed by atoms with Crippen LogP contribution in [0.2, 0.25) is 0 Å². The van der Waals surface area contributed by atoms with E-state index < -0.39 is 15.8 Å². The summed E-state index contributed by atoms with van der Waals surface area (Å²) < 4.78 is 41.0. The fourth-order valence-electron chi connectivity index (χ4n) is 3.01. The summed E-state index contributed by atoms with van der Waals surface area (Å²) in [4.78, 5) is 0.0874. The number of nitrogens with one attached hydrogen (secondary N) is 1. The number of rotatable bonds is 4. The minimum absolute atomic E-state index is 0.0874. The molecule has 122 valence electrons. The van der Waals surface area contributed by atoms with E-state index in [1.54, 1.807) is 6.92 Å². The molecule has 1 aliphatic carbocycles. The molecule has 23 heavy (non-hydrogen) atoms. The number of fused-ring (bicyclic) bond motifs is 1. The maximum absolute atomic E-state index is 13.3. The van der Waals surface area contributed by atoms with E-state index in [0.717, 1.165) is 24.8 Å². The van der Waals surface area contributed by atoms with Crippen LogP contribution < -0.4 is 4.72 Å². The average Bonchev–Trinajstić information content (AvgIpc) is 2.96. The molecule has 1 N–H and O–H groups in total. The largest absolute Gasteiger partial charge is 0.241 e. The van der Waals surface area contributed by atoms with Crippen molar-refractivity contribution in [2.24, 2.45) is 0 Å². The van der Waals surface area contributed by atoms with Gasteiger partial charge in [-0.05, 0) is 73.6 Å². The van der Waals surface area contributed by atoms with E-state index in [4.69, 9.17) is 0 Å². The van der Waals surface area contributed by atoms with Crippen molar-refractivity contribution in [3.8, 4) is 0 Å². The Morgan fingerprint density at radius 2 is 1.83 bits per heavy atom. The molecule has 0 radical (unpaired) electrons. The molecule has 0 saturated heterocycles. The molecule has 0 aliphatic heterocycles. The van der Waals surface area contributed by atoms with E-state index in [1.165, 1.54) is 29.3 Å². The van der Waals surface area contributed by atoms with Gasteiger partial charge in [0.2, 0.25) is 10.0 Å². The molecular formula is C18H20FNO2S. The highest BCUT2D eigenvalue weighted by atomic mass is 32.2. The van der Waals surface area contributed by atoms with Gasteiger partial charge < -0.3 is 0 Å². The number of sulfonamides is 1. The van der Waals surface area contributed by atoms with Gasteiger partial charge in [-0.25, -0.2) is 17.5 Å². The lowest BCUT2D eigenvalue weighted by Crippen LogP contribution is -2.27. The van der Waals surface area contributed by atoms with E-state index in [9.17, 15) is 12.8 Å². The van der Waals surface area contributed by atoms with Crippen LogP contribution in [0.25, 0.3) is 0 Å². The molecule has 0 spiro atoms. The smallest absolute Gasteiger partial charge is 0.207 e. The molecule has 3 nitrogen and oxygen atoms in total. The van der Waals surface area contributed by atoms with E-state index in [0.29, 0.717) is 5.56 Å². The third-order valence-corrected chi connectivity index (χ3v) is 5.93. The number of aryl methyl sites for hydroxylation is 3. The lowest BCUT2D eigenvalue weighted by molar-refractivity contribution is 0.565. The van der Waals surface area contributed by atoms with Crippen LogP contribution in [0.4, 0.5) is 4.39 Å². The zero-order valence-electron chi connectivity index (χ0n) is 13.3. The van der Waals surface area contributed by atoms with Crippen molar-refractivity contribution >= 4 is 10.0 Å². The Bertz CT molecular complexity index is 846. The van der Waals surface area contributed by atoms with Crippen LogP contribution in [0, 0.1) is 12.7 Å². The van der Waals surface area contributed by atoms with Gasteiger partial charge in [0.25, 0.3) is 0 Å². The predicted octanol–water partition coefficient (Wildman–Crippen LogP) is 3.66. The Labute approximate surface area is 136 Å². The van der Waals surface area contributed by atoms with E-state index >= 15 is 0 Å². The van der Waals surface area contributed by atoms with Crippen molar-refractivity contribution in [3.63, 3.8) is 0 Å². The SMILES string of the molecule is Cc1cc(S(=O)(=O)N[C@@H](C)c2ccc3c(c2)CCC3)ccc1F.